The number of anilines is 1. The summed E-state index contributed by atoms with van der Waals surface area (Å²) in [5.74, 6) is 0. The number of hydrogen-bond acceptors (Lipinski definition) is 3. The number of nitrogen functional groups attached to an aromatic ring is 1. The van der Waals surface area contributed by atoms with Gasteiger partial charge in [0, 0.05) is 12.6 Å². The van der Waals surface area contributed by atoms with Crippen LogP contribution < -0.4 is 11.3 Å². The van der Waals surface area contributed by atoms with E-state index in [9.17, 15) is 4.79 Å². The van der Waals surface area contributed by atoms with Crippen LogP contribution >= 0.6 is 23.2 Å². The van der Waals surface area contributed by atoms with Crippen molar-refractivity contribution in [3.05, 3.63) is 51.0 Å². The molecule has 7 heteroatoms. The van der Waals surface area contributed by atoms with Gasteiger partial charge in [-0.2, -0.15) is 0 Å². The molecule has 3 rings (SSSR count). The van der Waals surface area contributed by atoms with Gasteiger partial charge in [-0.05, 0) is 12.1 Å². The number of aryl methyl sites for hydroxylation is 1. The molecule has 0 radical (unpaired) electrons. The van der Waals surface area contributed by atoms with Gasteiger partial charge in [0.05, 0.1) is 33.7 Å². The van der Waals surface area contributed by atoms with Gasteiger partial charge in [-0.25, -0.2) is 14.2 Å². The lowest BCUT2D eigenvalue weighted by Crippen LogP contribution is -2.16. The quantitative estimate of drug-likeness (QED) is 0.751. The Labute approximate surface area is 124 Å². The third-order valence-electron chi connectivity index (χ3n) is 3.09. The zero-order chi connectivity index (χ0) is 14.4. The molecule has 3 aromatic rings. The lowest BCUT2D eigenvalue weighted by molar-refractivity contribution is 0.677. The average Bonchev–Trinajstić information content (AvgIpc) is 2.64. The maximum atomic E-state index is 12.4. The standard InChI is InChI=1S/C13H10Cl2N4O/c1-18-13(20)11(10-8(14)3-2-4-9(10)15)12-17-5-7(16)6-19(12)18/h2-6H,16H2,1H3. The maximum absolute atomic E-state index is 12.4. The molecule has 0 atom stereocenters. The van der Waals surface area contributed by atoms with E-state index < -0.39 is 0 Å². The van der Waals surface area contributed by atoms with Crippen molar-refractivity contribution in [3.63, 3.8) is 0 Å². The fourth-order valence-corrected chi connectivity index (χ4v) is 2.74. The Hall–Kier alpha value is -1.98. The van der Waals surface area contributed by atoms with Crippen LogP contribution in [0.3, 0.4) is 0 Å². The highest BCUT2D eigenvalue weighted by atomic mass is 35.5. The number of aromatic nitrogens is 3. The molecule has 0 saturated heterocycles. The molecule has 102 valence electrons. The molecule has 5 nitrogen and oxygen atoms in total. The Kier molecular flexibility index (Phi) is 2.96. The summed E-state index contributed by atoms with van der Waals surface area (Å²) in [6.07, 6.45) is 3.11. The lowest BCUT2D eigenvalue weighted by Gasteiger charge is -2.04. The van der Waals surface area contributed by atoms with E-state index in [0.29, 0.717) is 32.5 Å². The van der Waals surface area contributed by atoms with Gasteiger partial charge in [0.2, 0.25) is 0 Å². The first-order valence-electron chi connectivity index (χ1n) is 5.78. The molecule has 0 saturated carbocycles. The predicted molar refractivity (Wildman–Crippen MR) is 80.3 cm³/mol. The van der Waals surface area contributed by atoms with Gasteiger partial charge in [0.15, 0.2) is 5.65 Å². The van der Waals surface area contributed by atoms with Crippen LogP contribution in [0.4, 0.5) is 5.69 Å². The minimum atomic E-state index is -0.238. The van der Waals surface area contributed by atoms with E-state index in [1.54, 1.807) is 36.0 Å². The minimum Gasteiger partial charge on any atom is -0.396 e. The first kappa shape index (κ1) is 13.0. The Balaban J connectivity index is 2.49. The van der Waals surface area contributed by atoms with Gasteiger partial charge in [-0.1, -0.05) is 29.3 Å². The van der Waals surface area contributed by atoms with Crippen molar-refractivity contribution in [2.24, 2.45) is 7.05 Å². The third kappa shape index (κ3) is 1.78. The second-order valence-electron chi connectivity index (χ2n) is 4.36. The van der Waals surface area contributed by atoms with Crippen LogP contribution in [0.2, 0.25) is 10.0 Å². The molecule has 2 heterocycles. The van der Waals surface area contributed by atoms with Gasteiger partial charge in [0.1, 0.15) is 0 Å². The van der Waals surface area contributed by atoms with Crippen molar-refractivity contribution >= 4 is 34.5 Å². The van der Waals surface area contributed by atoms with E-state index >= 15 is 0 Å². The Morgan fingerprint density at radius 3 is 2.50 bits per heavy atom. The number of benzene rings is 1. The molecule has 0 spiro atoms. The van der Waals surface area contributed by atoms with E-state index in [0.717, 1.165) is 0 Å². The zero-order valence-corrected chi connectivity index (χ0v) is 12.0. The van der Waals surface area contributed by atoms with E-state index in [1.807, 2.05) is 0 Å². The number of halogens is 2. The number of nitrogens with zero attached hydrogens (tertiary/aromatic N) is 3. The highest BCUT2D eigenvalue weighted by Crippen LogP contribution is 2.34. The fourth-order valence-electron chi connectivity index (χ4n) is 2.15. The molecule has 0 amide bonds. The van der Waals surface area contributed by atoms with Crippen LogP contribution in [0.1, 0.15) is 0 Å². The van der Waals surface area contributed by atoms with E-state index in [-0.39, 0.29) is 5.56 Å². The van der Waals surface area contributed by atoms with E-state index in [4.69, 9.17) is 28.9 Å². The number of rotatable bonds is 1. The number of fused-ring (bicyclic) bond motifs is 1. The number of nitrogens with two attached hydrogens (primary N) is 1. The molecule has 0 aliphatic rings. The van der Waals surface area contributed by atoms with Crippen LogP contribution in [-0.4, -0.2) is 14.2 Å². The Bertz CT molecular complexity index is 862. The summed E-state index contributed by atoms with van der Waals surface area (Å²) in [6, 6.07) is 5.09. The van der Waals surface area contributed by atoms with Gasteiger partial charge in [-0.15, -0.1) is 0 Å². The van der Waals surface area contributed by atoms with Crippen LogP contribution in [-0.2, 0) is 7.05 Å². The zero-order valence-electron chi connectivity index (χ0n) is 10.5. The molecule has 20 heavy (non-hydrogen) atoms. The molecule has 1 aromatic carbocycles. The van der Waals surface area contributed by atoms with Crippen LogP contribution in [0.5, 0.6) is 0 Å². The maximum Gasteiger partial charge on any atom is 0.277 e. The molecule has 0 bridgehead atoms. The van der Waals surface area contributed by atoms with Gasteiger partial charge in [-0.3, -0.25) is 4.79 Å². The molecule has 0 aliphatic heterocycles. The molecule has 0 unspecified atom stereocenters. The monoisotopic (exact) mass is 308 g/mol. The van der Waals surface area contributed by atoms with Crippen LogP contribution in [0.15, 0.2) is 35.4 Å². The van der Waals surface area contributed by atoms with Gasteiger partial charge < -0.3 is 5.73 Å². The summed E-state index contributed by atoms with van der Waals surface area (Å²) in [4.78, 5) is 16.7. The molecule has 2 aromatic heterocycles. The predicted octanol–water partition coefficient (Wildman–Crippen LogP) is 2.59. The first-order chi connectivity index (χ1) is 9.50. The molecular weight excluding hydrogens is 299 g/mol. The topological polar surface area (TPSA) is 65.3 Å². The minimum absolute atomic E-state index is 0.238. The third-order valence-corrected chi connectivity index (χ3v) is 3.72. The summed E-state index contributed by atoms with van der Waals surface area (Å²) in [6.45, 7) is 0. The van der Waals surface area contributed by atoms with E-state index in [2.05, 4.69) is 4.98 Å². The van der Waals surface area contributed by atoms with E-state index in [1.165, 1.54) is 10.9 Å². The molecule has 2 N–H and O–H groups in total. The smallest absolute Gasteiger partial charge is 0.277 e. The lowest BCUT2D eigenvalue weighted by atomic mass is 10.1. The van der Waals surface area contributed by atoms with Crippen molar-refractivity contribution in [3.8, 4) is 11.1 Å². The van der Waals surface area contributed by atoms with Crippen LogP contribution in [0, 0.1) is 0 Å². The van der Waals surface area contributed by atoms with Gasteiger partial charge in [0.25, 0.3) is 5.56 Å². The first-order valence-corrected chi connectivity index (χ1v) is 6.53. The Morgan fingerprint density at radius 1 is 1.20 bits per heavy atom. The van der Waals surface area contributed by atoms with Crippen molar-refractivity contribution in [1.29, 1.82) is 0 Å². The second-order valence-corrected chi connectivity index (χ2v) is 5.17. The Morgan fingerprint density at radius 2 is 1.85 bits per heavy atom. The largest absolute Gasteiger partial charge is 0.396 e. The summed E-state index contributed by atoms with van der Waals surface area (Å²) in [5, 5.41) is 0.808. The number of hydrogen-bond donors (Lipinski definition) is 1. The highest BCUT2D eigenvalue weighted by Gasteiger charge is 2.20. The fraction of sp³-hybridized carbons (Fsp3) is 0.0769. The summed E-state index contributed by atoms with van der Waals surface area (Å²) < 4.78 is 2.99. The normalized spacial score (nSPS) is 11.2. The average molecular weight is 309 g/mol. The van der Waals surface area contributed by atoms with Crippen molar-refractivity contribution in [1.82, 2.24) is 14.2 Å². The van der Waals surface area contributed by atoms with Crippen molar-refractivity contribution in [2.75, 3.05) is 5.73 Å². The van der Waals surface area contributed by atoms with Crippen molar-refractivity contribution < 1.29 is 0 Å². The highest BCUT2D eigenvalue weighted by molar-refractivity contribution is 6.39. The van der Waals surface area contributed by atoms with Crippen LogP contribution in [0.25, 0.3) is 16.8 Å². The molecular formula is C13H10Cl2N4O. The second kappa shape index (κ2) is 4.54. The molecule has 0 aliphatic carbocycles. The SMILES string of the molecule is Cn1c(=O)c(-c2c(Cl)cccc2Cl)c2ncc(N)cn21. The summed E-state index contributed by atoms with van der Waals surface area (Å²) in [5.41, 5.74) is 7.23. The van der Waals surface area contributed by atoms with Gasteiger partial charge >= 0.3 is 0 Å². The summed E-state index contributed by atoms with van der Waals surface area (Å²) >= 11 is 12.4. The molecule has 0 fully saturated rings. The summed E-state index contributed by atoms with van der Waals surface area (Å²) in [7, 11) is 1.63. The van der Waals surface area contributed by atoms with Crippen molar-refractivity contribution in [2.45, 2.75) is 0 Å².